The van der Waals surface area contributed by atoms with Crippen LogP contribution in [0.15, 0.2) is 18.2 Å². The number of carbonyl (C=O) groups is 3. The average molecular weight is 396 g/mol. The number of nitrogens with zero attached hydrogens (tertiary/aromatic N) is 1. The molecule has 1 aromatic rings. The fourth-order valence-corrected chi connectivity index (χ4v) is 5.69. The lowest BCUT2D eigenvalue weighted by molar-refractivity contribution is -0.136. The van der Waals surface area contributed by atoms with Gasteiger partial charge in [-0.2, -0.15) is 0 Å². The van der Waals surface area contributed by atoms with E-state index in [1.165, 1.54) is 12.8 Å². The van der Waals surface area contributed by atoms with Crippen LogP contribution in [0.3, 0.4) is 0 Å². The Labute approximate surface area is 170 Å². The van der Waals surface area contributed by atoms with Crippen molar-refractivity contribution in [2.75, 3.05) is 0 Å². The third kappa shape index (κ3) is 3.36. The Bertz CT molecular complexity index is 870. The molecule has 0 aromatic heterocycles. The van der Waals surface area contributed by atoms with Gasteiger partial charge in [-0.3, -0.25) is 19.7 Å². The van der Waals surface area contributed by atoms with Crippen molar-refractivity contribution >= 4 is 17.7 Å². The number of carbonyl (C=O) groups excluding carboxylic acids is 3. The van der Waals surface area contributed by atoms with Crippen LogP contribution >= 0.6 is 0 Å². The maximum absolute atomic E-state index is 12.9. The van der Waals surface area contributed by atoms with Crippen molar-refractivity contribution in [3.05, 3.63) is 34.9 Å². The van der Waals surface area contributed by atoms with Crippen molar-refractivity contribution in [1.82, 2.24) is 15.5 Å². The summed E-state index contributed by atoms with van der Waals surface area (Å²) in [5.74, 6) is 0.560. The van der Waals surface area contributed by atoms with E-state index in [0.717, 1.165) is 30.5 Å². The second-order valence-corrected chi connectivity index (χ2v) is 9.11. The summed E-state index contributed by atoms with van der Waals surface area (Å²) < 4.78 is 0. The van der Waals surface area contributed by atoms with Crippen LogP contribution in [0.25, 0.3) is 0 Å². The van der Waals surface area contributed by atoms with Gasteiger partial charge in [-0.15, -0.1) is 0 Å². The van der Waals surface area contributed by atoms with Gasteiger partial charge in [-0.1, -0.05) is 12.1 Å². The predicted molar refractivity (Wildman–Crippen MR) is 107 cm³/mol. The van der Waals surface area contributed by atoms with E-state index in [9.17, 15) is 14.4 Å². The molecule has 1 aromatic carbocycles. The molecule has 6 rings (SSSR count). The number of hydrogen-bond acceptors (Lipinski definition) is 5. The lowest BCUT2D eigenvalue weighted by atomic mass is 9.65. The Morgan fingerprint density at radius 3 is 2.66 bits per heavy atom. The first kappa shape index (κ1) is 18.8. The zero-order valence-corrected chi connectivity index (χ0v) is 16.5. The molecular formula is C22H28N4O3. The molecule has 5 atom stereocenters. The van der Waals surface area contributed by atoms with E-state index in [1.807, 2.05) is 12.1 Å². The highest BCUT2D eigenvalue weighted by atomic mass is 16.2. The van der Waals surface area contributed by atoms with E-state index in [4.69, 9.17) is 5.73 Å². The summed E-state index contributed by atoms with van der Waals surface area (Å²) in [7, 11) is 0. The second kappa shape index (κ2) is 7.22. The van der Waals surface area contributed by atoms with Crippen molar-refractivity contribution in [3.63, 3.8) is 0 Å². The van der Waals surface area contributed by atoms with E-state index < -0.39 is 6.04 Å². The fraction of sp³-hybridized carbons (Fsp3) is 0.591. The van der Waals surface area contributed by atoms with Crippen molar-refractivity contribution in [2.24, 2.45) is 17.6 Å². The molecule has 154 valence electrons. The molecular weight excluding hydrogens is 368 g/mol. The van der Waals surface area contributed by atoms with E-state index >= 15 is 0 Å². The smallest absolute Gasteiger partial charge is 0.255 e. The highest BCUT2D eigenvalue weighted by Crippen LogP contribution is 2.40. The molecule has 0 spiro atoms. The van der Waals surface area contributed by atoms with Crippen LogP contribution < -0.4 is 16.4 Å². The van der Waals surface area contributed by atoms with Gasteiger partial charge in [0.1, 0.15) is 6.04 Å². The molecule has 2 aliphatic heterocycles. The van der Waals surface area contributed by atoms with E-state index in [2.05, 4.69) is 16.7 Å². The molecule has 3 amide bonds. The second-order valence-electron chi connectivity index (χ2n) is 9.11. The van der Waals surface area contributed by atoms with Gasteiger partial charge in [0.2, 0.25) is 11.8 Å². The minimum absolute atomic E-state index is 0.112. The van der Waals surface area contributed by atoms with E-state index in [0.29, 0.717) is 42.4 Å². The van der Waals surface area contributed by atoms with Crippen LogP contribution in [0.5, 0.6) is 0 Å². The Kier molecular flexibility index (Phi) is 4.67. The number of benzene rings is 1. The monoisotopic (exact) mass is 396 g/mol. The summed E-state index contributed by atoms with van der Waals surface area (Å²) in [5, 5.41) is 6.05. The molecule has 3 aliphatic carbocycles. The Balaban J connectivity index is 1.25. The number of amides is 3. The molecule has 1 saturated heterocycles. The van der Waals surface area contributed by atoms with E-state index in [-0.39, 0.29) is 24.1 Å². The molecule has 4 N–H and O–H groups in total. The number of fused-ring (bicyclic) bond motifs is 4. The molecule has 0 radical (unpaired) electrons. The topological polar surface area (TPSA) is 105 Å². The largest absolute Gasteiger partial charge is 0.327 e. The summed E-state index contributed by atoms with van der Waals surface area (Å²) in [6.07, 6.45) is 5.46. The molecule has 4 fully saturated rings. The summed E-state index contributed by atoms with van der Waals surface area (Å²) in [6, 6.07) is 6.35. The number of hydrogen-bond donors (Lipinski definition) is 3. The Morgan fingerprint density at radius 1 is 1.10 bits per heavy atom. The lowest BCUT2D eigenvalue weighted by Crippen LogP contribution is -2.52. The molecule has 7 heteroatoms. The zero-order chi connectivity index (χ0) is 20.1. The number of rotatable bonds is 4. The lowest BCUT2D eigenvalue weighted by Gasteiger charge is -2.46. The molecule has 3 saturated carbocycles. The molecule has 2 bridgehead atoms. The van der Waals surface area contributed by atoms with Gasteiger partial charge in [0.25, 0.3) is 5.91 Å². The van der Waals surface area contributed by atoms with E-state index in [1.54, 1.807) is 4.90 Å². The normalized spacial score (nSPS) is 33.8. The van der Waals surface area contributed by atoms with Crippen molar-refractivity contribution in [1.29, 1.82) is 0 Å². The first-order valence-electron chi connectivity index (χ1n) is 10.7. The number of nitrogens with one attached hydrogen (secondary N) is 2. The minimum atomic E-state index is -0.559. The van der Waals surface area contributed by atoms with Crippen LogP contribution in [-0.2, 0) is 22.7 Å². The van der Waals surface area contributed by atoms with Crippen LogP contribution in [0.4, 0.5) is 0 Å². The highest BCUT2D eigenvalue weighted by molar-refractivity contribution is 6.05. The fourth-order valence-electron chi connectivity index (χ4n) is 5.69. The quantitative estimate of drug-likeness (QED) is 0.660. The number of imide groups is 1. The molecule has 5 aliphatic rings. The molecule has 1 unspecified atom stereocenters. The van der Waals surface area contributed by atoms with Gasteiger partial charge in [0.15, 0.2) is 0 Å². The van der Waals surface area contributed by atoms with Gasteiger partial charge in [0.05, 0.1) is 0 Å². The van der Waals surface area contributed by atoms with Crippen molar-refractivity contribution in [2.45, 2.75) is 69.7 Å². The van der Waals surface area contributed by atoms with Crippen molar-refractivity contribution < 1.29 is 14.4 Å². The van der Waals surface area contributed by atoms with Crippen LogP contribution in [0.1, 0.15) is 60.0 Å². The summed E-state index contributed by atoms with van der Waals surface area (Å²) in [5.41, 5.74) is 8.96. The van der Waals surface area contributed by atoms with Crippen molar-refractivity contribution in [3.8, 4) is 0 Å². The molecule has 2 heterocycles. The Morgan fingerprint density at radius 2 is 1.93 bits per heavy atom. The first-order valence-corrected chi connectivity index (χ1v) is 10.7. The summed E-state index contributed by atoms with van der Waals surface area (Å²) in [4.78, 5) is 38.1. The van der Waals surface area contributed by atoms with Crippen LogP contribution in [0.2, 0.25) is 0 Å². The minimum Gasteiger partial charge on any atom is -0.327 e. The van der Waals surface area contributed by atoms with Crippen LogP contribution in [0, 0.1) is 11.8 Å². The highest BCUT2D eigenvalue weighted by Gasteiger charge is 2.41. The maximum Gasteiger partial charge on any atom is 0.255 e. The summed E-state index contributed by atoms with van der Waals surface area (Å²) >= 11 is 0. The SMILES string of the molecule is N[C@@H]1C[C@H]2CC[C@@H]1C[C@H]2NCc1ccc2c(c1)C(=O)N(C1CCC(=O)NC1=O)C2. The maximum atomic E-state index is 12.9. The van der Waals surface area contributed by atoms with Gasteiger partial charge >= 0.3 is 0 Å². The summed E-state index contributed by atoms with van der Waals surface area (Å²) in [6.45, 7) is 1.17. The van der Waals surface area contributed by atoms with Crippen LogP contribution in [-0.4, -0.2) is 40.7 Å². The standard InChI is InChI=1S/C22H28N4O3/c23-17-8-14-4-3-13(17)9-18(14)24-10-12-1-2-15-11-26(22(29)16(15)7-12)19-5-6-20(27)25-21(19)28/h1-2,7,13-14,17-19,24H,3-6,8-11,23H2,(H,25,27,28)/t13-,14-,17-,18-,19?/m1/s1. The third-order valence-corrected chi connectivity index (χ3v) is 7.38. The van der Waals surface area contributed by atoms with Gasteiger partial charge < -0.3 is 16.0 Å². The van der Waals surface area contributed by atoms with Gasteiger partial charge in [-0.05, 0) is 61.1 Å². The van der Waals surface area contributed by atoms with Gasteiger partial charge in [-0.25, -0.2) is 0 Å². The average Bonchev–Trinajstić information content (AvgIpc) is 3.03. The molecule has 29 heavy (non-hydrogen) atoms. The third-order valence-electron chi connectivity index (χ3n) is 7.38. The Hall–Kier alpha value is -2.25. The predicted octanol–water partition coefficient (Wildman–Crippen LogP) is 1.05. The first-order chi connectivity index (χ1) is 14.0. The number of nitrogens with two attached hydrogens (primary N) is 1. The zero-order valence-electron chi connectivity index (χ0n) is 16.5. The molecule has 7 nitrogen and oxygen atoms in total. The van der Waals surface area contributed by atoms with Gasteiger partial charge in [0, 0.05) is 37.2 Å². The number of piperidine rings is 1.